The van der Waals surface area contributed by atoms with E-state index < -0.39 is 0 Å². The molecule has 98 valence electrons. The average Bonchev–Trinajstić information content (AvgIpc) is 2.26. The van der Waals surface area contributed by atoms with Gasteiger partial charge in [-0.3, -0.25) is 0 Å². The second-order valence-corrected chi connectivity index (χ2v) is 6.58. The molecule has 1 fully saturated rings. The van der Waals surface area contributed by atoms with Crippen LogP contribution in [-0.4, -0.2) is 12.1 Å². The lowest BCUT2D eigenvalue weighted by Crippen LogP contribution is -2.48. The maximum atomic E-state index is 3.91. The minimum absolute atomic E-state index is 0.289. The maximum Gasteiger partial charge on any atom is 0.0218 e. The van der Waals surface area contributed by atoms with E-state index in [1.165, 1.54) is 25.7 Å². The second kappa shape index (κ2) is 5.86. The third-order valence-corrected chi connectivity index (χ3v) is 4.32. The second-order valence-electron chi connectivity index (χ2n) is 6.58. The molecule has 0 unspecified atom stereocenters. The Labute approximate surface area is 107 Å². The Balaban J connectivity index is 2.60. The largest absolute Gasteiger partial charge is 0.307 e. The van der Waals surface area contributed by atoms with Gasteiger partial charge in [-0.2, -0.15) is 0 Å². The standard InChI is InChI=1S/C16H29N/c1-6-10-16(17-13-7-2)11-8-14(9-12-16)15(3,4)5/h6-7,14,17H,1-2,8-13H2,3-5H3. The Morgan fingerprint density at radius 2 is 1.76 bits per heavy atom. The fraction of sp³-hybridized carbons (Fsp3) is 0.750. The minimum atomic E-state index is 0.289. The van der Waals surface area contributed by atoms with Crippen LogP contribution in [0.2, 0.25) is 0 Å². The first-order valence-electron chi connectivity index (χ1n) is 6.90. The van der Waals surface area contributed by atoms with Crippen molar-refractivity contribution in [3.8, 4) is 0 Å². The van der Waals surface area contributed by atoms with Crippen LogP contribution < -0.4 is 5.32 Å². The van der Waals surface area contributed by atoms with Crippen molar-refractivity contribution >= 4 is 0 Å². The van der Waals surface area contributed by atoms with Gasteiger partial charge in [-0.05, 0) is 43.4 Å². The molecule has 0 aromatic heterocycles. The predicted octanol–water partition coefficient (Wildman–Crippen LogP) is 4.31. The highest BCUT2D eigenvalue weighted by Gasteiger charge is 2.37. The van der Waals surface area contributed by atoms with Gasteiger partial charge in [0.05, 0.1) is 0 Å². The summed E-state index contributed by atoms with van der Waals surface area (Å²) in [6, 6.07) is 0. The Bertz CT molecular complexity index is 251. The van der Waals surface area contributed by atoms with Gasteiger partial charge in [0.1, 0.15) is 0 Å². The smallest absolute Gasteiger partial charge is 0.0218 e. The molecular weight excluding hydrogens is 206 g/mol. The molecule has 1 rings (SSSR count). The molecule has 17 heavy (non-hydrogen) atoms. The monoisotopic (exact) mass is 235 g/mol. The summed E-state index contributed by atoms with van der Waals surface area (Å²) in [7, 11) is 0. The summed E-state index contributed by atoms with van der Waals surface area (Å²) in [4.78, 5) is 0. The molecule has 0 aliphatic heterocycles. The van der Waals surface area contributed by atoms with E-state index in [-0.39, 0.29) is 5.54 Å². The van der Waals surface area contributed by atoms with E-state index in [0.717, 1.165) is 18.9 Å². The van der Waals surface area contributed by atoms with Crippen molar-refractivity contribution in [1.29, 1.82) is 0 Å². The summed E-state index contributed by atoms with van der Waals surface area (Å²) in [5.41, 5.74) is 0.746. The van der Waals surface area contributed by atoms with Crippen LogP contribution in [0, 0.1) is 11.3 Å². The molecule has 0 spiro atoms. The Morgan fingerprint density at radius 3 is 2.18 bits per heavy atom. The van der Waals surface area contributed by atoms with Crippen LogP contribution in [-0.2, 0) is 0 Å². The van der Waals surface area contributed by atoms with Crippen molar-refractivity contribution in [3.05, 3.63) is 25.3 Å². The van der Waals surface area contributed by atoms with E-state index in [1.807, 2.05) is 6.08 Å². The first-order valence-corrected chi connectivity index (χ1v) is 6.90. The van der Waals surface area contributed by atoms with Crippen LogP contribution in [0.25, 0.3) is 0 Å². The summed E-state index contributed by atoms with van der Waals surface area (Å²) in [6.45, 7) is 15.7. The van der Waals surface area contributed by atoms with Gasteiger partial charge < -0.3 is 5.32 Å². The number of hydrogen-bond donors (Lipinski definition) is 1. The summed E-state index contributed by atoms with van der Waals surface area (Å²) in [5.74, 6) is 0.867. The van der Waals surface area contributed by atoms with Crippen LogP contribution in [0.15, 0.2) is 25.3 Å². The molecule has 1 saturated carbocycles. The lowest BCUT2D eigenvalue weighted by Gasteiger charge is -2.44. The maximum absolute atomic E-state index is 3.91. The first-order chi connectivity index (χ1) is 7.93. The van der Waals surface area contributed by atoms with E-state index >= 15 is 0 Å². The van der Waals surface area contributed by atoms with Gasteiger partial charge in [0, 0.05) is 12.1 Å². The SMILES string of the molecule is C=CCNC1(CC=C)CCC(C(C)(C)C)CC1. The van der Waals surface area contributed by atoms with E-state index in [0.29, 0.717) is 5.41 Å². The highest BCUT2D eigenvalue weighted by molar-refractivity contribution is 4.99. The molecule has 0 aromatic carbocycles. The molecule has 0 heterocycles. The third kappa shape index (κ3) is 3.99. The fourth-order valence-corrected chi connectivity index (χ4v) is 3.05. The number of nitrogens with one attached hydrogen (secondary N) is 1. The van der Waals surface area contributed by atoms with Crippen LogP contribution in [0.4, 0.5) is 0 Å². The Morgan fingerprint density at radius 1 is 1.18 bits per heavy atom. The van der Waals surface area contributed by atoms with Crippen molar-refractivity contribution in [2.75, 3.05) is 6.54 Å². The van der Waals surface area contributed by atoms with E-state index in [2.05, 4.69) is 45.3 Å². The molecule has 0 aromatic rings. The lowest BCUT2D eigenvalue weighted by molar-refractivity contribution is 0.117. The highest BCUT2D eigenvalue weighted by atomic mass is 15.0. The van der Waals surface area contributed by atoms with Crippen LogP contribution >= 0.6 is 0 Å². The van der Waals surface area contributed by atoms with Gasteiger partial charge in [0.25, 0.3) is 0 Å². The normalized spacial score (nSPS) is 29.9. The summed E-state index contributed by atoms with van der Waals surface area (Å²) < 4.78 is 0. The molecule has 1 heteroatoms. The van der Waals surface area contributed by atoms with Crippen LogP contribution in [0.5, 0.6) is 0 Å². The van der Waals surface area contributed by atoms with Crippen LogP contribution in [0.3, 0.4) is 0 Å². The molecule has 1 N–H and O–H groups in total. The van der Waals surface area contributed by atoms with Crippen LogP contribution in [0.1, 0.15) is 52.9 Å². The zero-order valence-corrected chi connectivity index (χ0v) is 11.9. The quantitative estimate of drug-likeness (QED) is 0.700. The lowest BCUT2D eigenvalue weighted by atomic mass is 9.66. The van der Waals surface area contributed by atoms with Gasteiger partial charge in [0.15, 0.2) is 0 Å². The minimum Gasteiger partial charge on any atom is -0.307 e. The van der Waals surface area contributed by atoms with Gasteiger partial charge in [-0.25, -0.2) is 0 Å². The molecule has 0 bridgehead atoms. The molecule has 0 amide bonds. The molecule has 0 atom stereocenters. The van der Waals surface area contributed by atoms with Gasteiger partial charge in [-0.1, -0.05) is 32.9 Å². The molecule has 0 saturated heterocycles. The summed E-state index contributed by atoms with van der Waals surface area (Å²) in [6.07, 6.45) is 10.3. The Hall–Kier alpha value is -0.560. The summed E-state index contributed by atoms with van der Waals surface area (Å²) in [5, 5.41) is 3.67. The zero-order chi connectivity index (χ0) is 12.9. The fourth-order valence-electron chi connectivity index (χ4n) is 3.05. The molecule has 1 nitrogen and oxygen atoms in total. The predicted molar refractivity (Wildman–Crippen MR) is 77.2 cm³/mol. The first kappa shape index (κ1) is 14.5. The number of hydrogen-bond acceptors (Lipinski definition) is 1. The molecule has 0 radical (unpaired) electrons. The van der Waals surface area contributed by atoms with Gasteiger partial charge in [0.2, 0.25) is 0 Å². The average molecular weight is 235 g/mol. The van der Waals surface area contributed by atoms with Crippen molar-refractivity contribution in [3.63, 3.8) is 0 Å². The topological polar surface area (TPSA) is 12.0 Å². The van der Waals surface area contributed by atoms with Gasteiger partial charge in [-0.15, -0.1) is 13.2 Å². The number of rotatable bonds is 5. The molecule has 1 aliphatic rings. The Kier molecular flexibility index (Phi) is 5.00. The molecule has 1 aliphatic carbocycles. The van der Waals surface area contributed by atoms with Crippen molar-refractivity contribution in [2.24, 2.45) is 11.3 Å². The summed E-state index contributed by atoms with van der Waals surface area (Å²) >= 11 is 0. The van der Waals surface area contributed by atoms with Crippen molar-refractivity contribution in [1.82, 2.24) is 5.32 Å². The van der Waals surface area contributed by atoms with Crippen molar-refractivity contribution in [2.45, 2.75) is 58.4 Å². The van der Waals surface area contributed by atoms with Gasteiger partial charge >= 0.3 is 0 Å². The van der Waals surface area contributed by atoms with E-state index in [4.69, 9.17) is 0 Å². The van der Waals surface area contributed by atoms with Crippen molar-refractivity contribution < 1.29 is 0 Å². The molecular formula is C16H29N. The third-order valence-electron chi connectivity index (χ3n) is 4.32. The van der Waals surface area contributed by atoms with E-state index in [1.54, 1.807) is 0 Å². The zero-order valence-electron chi connectivity index (χ0n) is 11.9. The highest BCUT2D eigenvalue weighted by Crippen LogP contribution is 2.42. The van der Waals surface area contributed by atoms with E-state index in [9.17, 15) is 0 Å².